The second-order valence-electron chi connectivity index (χ2n) is 7.20. The molecule has 0 atom stereocenters. The van der Waals surface area contributed by atoms with Crippen LogP contribution >= 0.6 is 0 Å². The van der Waals surface area contributed by atoms with Gasteiger partial charge in [0.2, 0.25) is 11.2 Å². The van der Waals surface area contributed by atoms with Crippen molar-refractivity contribution in [2.24, 2.45) is 5.92 Å². The lowest BCUT2D eigenvalue weighted by molar-refractivity contribution is 0.295. The Morgan fingerprint density at radius 3 is 2.58 bits per heavy atom. The SMILES string of the molecule is O=c1c(OCc2ccccc2)coc2cccc(CC3CCCCC3)c12. The number of rotatable bonds is 5. The van der Waals surface area contributed by atoms with E-state index in [2.05, 4.69) is 6.07 Å². The molecule has 4 rings (SSSR count). The minimum Gasteiger partial charge on any atom is -0.482 e. The molecule has 0 radical (unpaired) electrons. The van der Waals surface area contributed by atoms with Gasteiger partial charge < -0.3 is 9.15 Å². The number of benzene rings is 2. The molecule has 1 aliphatic rings. The molecule has 1 aromatic heterocycles. The van der Waals surface area contributed by atoms with E-state index in [1.807, 2.05) is 42.5 Å². The van der Waals surface area contributed by atoms with E-state index in [4.69, 9.17) is 9.15 Å². The molecule has 1 fully saturated rings. The average molecular weight is 348 g/mol. The molecule has 0 N–H and O–H groups in total. The Balaban J connectivity index is 1.62. The fourth-order valence-corrected chi connectivity index (χ4v) is 3.93. The van der Waals surface area contributed by atoms with Gasteiger partial charge in [0.15, 0.2) is 0 Å². The molecule has 0 saturated heterocycles. The molecule has 0 spiro atoms. The van der Waals surface area contributed by atoms with Crippen molar-refractivity contribution >= 4 is 11.0 Å². The van der Waals surface area contributed by atoms with Crippen molar-refractivity contribution in [3.8, 4) is 5.75 Å². The van der Waals surface area contributed by atoms with Crippen LogP contribution < -0.4 is 10.2 Å². The van der Waals surface area contributed by atoms with Gasteiger partial charge in [-0.1, -0.05) is 74.6 Å². The second kappa shape index (κ2) is 7.77. The van der Waals surface area contributed by atoms with E-state index in [0.29, 0.717) is 23.5 Å². The van der Waals surface area contributed by atoms with Gasteiger partial charge in [0.1, 0.15) is 18.5 Å². The maximum absolute atomic E-state index is 13.0. The highest BCUT2D eigenvalue weighted by Crippen LogP contribution is 2.29. The van der Waals surface area contributed by atoms with Crippen LogP contribution in [0.4, 0.5) is 0 Å². The summed E-state index contributed by atoms with van der Waals surface area (Å²) in [6.07, 6.45) is 8.84. The van der Waals surface area contributed by atoms with Crippen LogP contribution in [0.3, 0.4) is 0 Å². The summed E-state index contributed by atoms with van der Waals surface area (Å²) in [5.41, 5.74) is 2.71. The molecule has 1 saturated carbocycles. The van der Waals surface area contributed by atoms with E-state index in [9.17, 15) is 4.79 Å². The number of ether oxygens (including phenoxy) is 1. The largest absolute Gasteiger partial charge is 0.482 e. The summed E-state index contributed by atoms with van der Waals surface area (Å²) in [4.78, 5) is 13.0. The van der Waals surface area contributed by atoms with Gasteiger partial charge in [-0.3, -0.25) is 4.79 Å². The van der Waals surface area contributed by atoms with Crippen LogP contribution in [-0.2, 0) is 13.0 Å². The van der Waals surface area contributed by atoms with E-state index < -0.39 is 0 Å². The van der Waals surface area contributed by atoms with Gasteiger partial charge in [0.05, 0.1) is 5.39 Å². The molecule has 0 aliphatic heterocycles. The zero-order chi connectivity index (χ0) is 17.8. The summed E-state index contributed by atoms with van der Waals surface area (Å²) in [7, 11) is 0. The van der Waals surface area contributed by atoms with Gasteiger partial charge in [0, 0.05) is 0 Å². The first-order chi connectivity index (χ1) is 12.8. The lowest BCUT2D eigenvalue weighted by atomic mass is 9.84. The summed E-state index contributed by atoms with van der Waals surface area (Å²) < 4.78 is 11.5. The van der Waals surface area contributed by atoms with Gasteiger partial charge in [-0.2, -0.15) is 0 Å². The molecule has 134 valence electrons. The molecule has 1 aliphatic carbocycles. The Kier molecular flexibility index (Phi) is 5.05. The lowest BCUT2D eigenvalue weighted by Gasteiger charge is -2.22. The summed E-state index contributed by atoms with van der Waals surface area (Å²) in [5.74, 6) is 0.958. The first-order valence-electron chi connectivity index (χ1n) is 9.51. The summed E-state index contributed by atoms with van der Waals surface area (Å²) in [6, 6.07) is 15.8. The van der Waals surface area contributed by atoms with Crippen LogP contribution in [0, 0.1) is 5.92 Å². The third-order valence-electron chi connectivity index (χ3n) is 5.33. The predicted molar refractivity (Wildman–Crippen MR) is 104 cm³/mol. The topological polar surface area (TPSA) is 39.4 Å². The summed E-state index contributed by atoms with van der Waals surface area (Å²) in [6.45, 7) is 0.363. The molecule has 3 aromatic rings. The minimum atomic E-state index is -0.0615. The van der Waals surface area contributed by atoms with Crippen LogP contribution in [0.25, 0.3) is 11.0 Å². The zero-order valence-corrected chi connectivity index (χ0v) is 14.9. The quantitative estimate of drug-likeness (QED) is 0.611. The van der Waals surface area contributed by atoms with Crippen molar-refractivity contribution in [3.05, 3.63) is 76.1 Å². The Labute approximate surface area is 153 Å². The summed E-state index contributed by atoms with van der Waals surface area (Å²) in [5, 5.41) is 0.684. The molecule has 1 heterocycles. The maximum atomic E-state index is 13.0. The molecular formula is C23H24O3. The van der Waals surface area contributed by atoms with E-state index in [1.165, 1.54) is 38.4 Å². The molecule has 3 nitrogen and oxygen atoms in total. The third-order valence-corrected chi connectivity index (χ3v) is 5.33. The Hall–Kier alpha value is -2.55. The van der Waals surface area contributed by atoms with Crippen molar-refractivity contribution in [2.45, 2.75) is 45.1 Å². The Morgan fingerprint density at radius 2 is 1.77 bits per heavy atom. The Bertz CT molecular complexity index is 921. The highest BCUT2D eigenvalue weighted by atomic mass is 16.5. The molecule has 0 amide bonds. The lowest BCUT2D eigenvalue weighted by Crippen LogP contribution is -2.13. The minimum absolute atomic E-state index is 0.0615. The van der Waals surface area contributed by atoms with E-state index in [-0.39, 0.29) is 11.2 Å². The second-order valence-corrected chi connectivity index (χ2v) is 7.20. The van der Waals surface area contributed by atoms with E-state index in [0.717, 1.165) is 17.5 Å². The molecule has 2 aromatic carbocycles. The number of fused-ring (bicyclic) bond motifs is 1. The van der Waals surface area contributed by atoms with Crippen molar-refractivity contribution in [1.82, 2.24) is 0 Å². The van der Waals surface area contributed by atoms with Crippen LogP contribution in [0.5, 0.6) is 5.75 Å². The van der Waals surface area contributed by atoms with Gasteiger partial charge in [-0.05, 0) is 29.5 Å². The summed E-state index contributed by atoms with van der Waals surface area (Å²) >= 11 is 0. The molecule has 0 bridgehead atoms. The smallest absolute Gasteiger partial charge is 0.234 e. The fourth-order valence-electron chi connectivity index (χ4n) is 3.93. The van der Waals surface area contributed by atoms with Gasteiger partial charge >= 0.3 is 0 Å². The first-order valence-corrected chi connectivity index (χ1v) is 9.51. The maximum Gasteiger partial charge on any atom is 0.234 e. The molecular weight excluding hydrogens is 324 g/mol. The monoisotopic (exact) mass is 348 g/mol. The number of hydrogen-bond donors (Lipinski definition) is 0. The highest BCUT2D eigenvalue weighted by Gasteiger charge is 2.18. The third kappa shape index (κ3) is 3.67. The number of hydrogen-bond acceptors (Lipinski definition) is 3. The van der Waals surface area contributed by atoms with Crippen LogP contribution in [0.15, 0.2) is 64.0 Å². The first kappa shape index (κ1) is 16.9. The molecule has 26 heavy (non-hydrogen) atoms. The van der Waals surface area contributed by atoms with Gasteiger partial charge in [-0.15, -0.1) is 0 Å². The predicted octanol–water partition coefficient (Wildman–Crippen LogP) is 5.49. The van der Waals surface area contributed by atoms with Crippen molar-refractivity contribution in [3.63, 3.8) is 0 Å². The normalized spacial score (nSPS) is 15.2. The van der Waals surface area contributed by atoms with Crippen LogP contribution in [0.1, 0.15) is 43.2 Å². The van der Waals surface area contributed by atoms with Crippen molar-refractivity contribution in [2.75, 3.05) is 0 Å². The van der Waals surface area contributed by atoms with Crippen molar-refractivity contribution < 1.29 is 9.15 Å². The average Bonchev–Trinajstić information content (AvgIpc) is 2.69. The molecule has 3 heteroatoms. The zero-order valence-electron chi connectivity index (χ0n) is 14.9. The fraction of sp³-hybridized carbons (Fsp3) is 0.348. The highest BCUT2D eigenvalue weighted by molar-refractivity contribution is 5.81. The van der Waals surface area contributed by atoms with E-state index in [1.54, 1.807) is 0 Å². The van der Waals surface area contributed by atoms with Crippen LogP contribution in [-0.4, -0.2) is 0 Å². The standard InChI is InChI=1S/C23H24O3/c24-23-21(25-15-18-10-5-2-6-11-18)16-26-20-13-7-12-19(22(20)23)14-17-8-3-1-4-9-17/h2,5-7,10-13,16-17H,1,3-4,8-9,14-15H2. The van der Waals surface area contributed by atoms with Crippen molar-refractivity contribution in [1.29, 1.82) is 0 Å². The van der Waals surface area contributed by atoms with Gasteiger partial charge in [-0.25, -0.2) is 0 Å². The van der Waals surface area contributed by atoms with E-state index >= 15 is 0 Å². The van der Waals surface area contributed by atoms with Gasteiger partial charge in [0.25, 0.3) is 0 Å². The molecule has 0 unspecified atom stereocenters. The van der Waals surface area contributed by atoms with Crippen LogP contribution in [0.2, 0.25) is 0 Å². The Morgan fingerprint density at radius 1 is 0.962 bits per heavy atom.